The maximum atomic E-state index is 11.6. The van der Waals surface area contributed by atoms with Gasteiger partial charge in [-0.1, -0.05) is 5.16 Å². The minimum absolute atomic E-state index is 0.178. The Bertz CT molecular complexity index is 518. The van der Waals surface area contributed by atoms with Crippen LogP contribution >= 0.6 is 0 Å². The molecule has 90 valence electrons. The number of aromatic nitrogens is 4. The number of aryl methyl sites for hydroxylation is 1. The number of rotatable bonds is 4. The molecule has 0 saturated carbocycles. The van der Waals surface area contributed by atoms with Crippen molar-refractivity contribution in [3.63, 3.8) is 0 Å². The first-order valence-electron chi connectivity index (χ1n) is 4.99. The Balaban J connectivity index is 2.02. The van der Waals surface area contributed by atoms with Crippen LogP contribution in [0, 0.1) is 6.92 Å². The molecule has 8 heteroatoms. The normalized spacial score (nSPS) is 10.2. The van der Waals surface area contributed by atoms with Crippen LogP contribution in [0.3, 0.4) is 0 Å². The molecule has 2 aromatic rings. The Morgan fingerprint density at radius 2 is 2.47 bits per heavy atom. The molecular formula is C9H11N5O3. The van der Waals surface area contributed by atoms with Gasteiger partial charge in [0.2, 0.25) is 5.95 Å². The van der Waals surface area contributed by atoms with Crippen LogP contribution in [-0.4, -0.2) is 32.9 Å². The lowest BCUT2D eigenvalue weighted by molar-refractivity contribution is 0.101. The minimum Gasteiger partial charge on any atom is -0.463 e. The van der Waals surface area contributed by atoms with Crippen molar-refractivity contribution in [2.45, 2.75) is 13.8 Å². The van der Waals surface area contributed by atoms with E-state index in [9.17, 15) is 4.79 Å². The van der Waals surface area contributed by atoms with Crippen molar-refractivity contribution in [3.05, 3.63) is 17.5 Å². The fraction of sp³-hybridized carbons (Fsp3) is 0.333. The summed E-state index contributed by atoms with van der Waals surface area (Å²) in [5.41, 5.74) is 0.178. The molecule has 0 spiro atoms. The number of amides is 1. The minimum atomic E-state index is -0.430. The quantitative estimate of drug-likeness (QED) is 0.812. The molecule has 17 heavy (non-hydrogen) atoms. The molecule has 0 aliphatic heterocycles. The SMILES string of the molecule is CCOc1n[nH]c(NC(=O)c2cc(C)on2)n1. The summed E-state index contributed by atoms with van der Waals surface area (Å²) >= 11 is 0. The number of aromatic amines is 1. The lowest BCUT2D eigenvalue weighted by Crippen LogP contribution is -2.13. The Hall–Kier alpha value is -2.38. The number of hydrogen-bond acceptors (Lipinski definition) is 6. The summed E-state index contributed by atoms with van der Waals surface area (Å²) in [6.07, 6.45) is 0. The molecule has 2 heterocycles. The van der Waals surface area contributed by atoms with Crippen molar-refractivity contribution in [1.29, 1.82) is 0 Å². The van der Waals surface area contributed by atoms with E-state index in [0.717, 1.165) is 0 Å². The molecule has 0 radical (unpaired) electrons. The fourth-order valence-electron chi connectivity index (χ4n) is 1.14. The van der Waals surface area contributed by atoms with Crippen LogP contribution in [0.2, 0.25) is 0 Å². The highest BCUT2D eigenvalue weighted by Crippen LogP contribution is 2.08. The lowest BCUT2D eigenvalue weighted by Gasteiger charge is -1.95. The van der Waals surface area contributed by atoms with Crippen LogP contribution in [0.15, 0.2) is 10.6 Å². The summed E-state index contributed by atoms with van der Waals surface area (Å²) in [7, 11) is 0. The van der Waals surface area contributed by atoms with Crippen molar-refractivity contribution in [2.75, 3.05) is 11.9 Å². The smallest absolute Gasteiger partial charge is 0.337 e. The average Bonchev–Trinajstić information content (AvgIpc) is 2.88. The highest BCUT2D eigenvalue weighted by molar-refractivity contribution is 6.01. The van der Waals surface area contributed by atoms with Crippen LogP contribution in [0.25, 0.3) is 0 Å². The molecule has 0 aliphatic rings. The molecule has 0 saturated heterocycles. The zero-order valence-electron chi connectivity index (χ0n) is 9.35. The number of H-pyrrole nitrogens is 1. The molecule has 0 fully saturated rings. The summed E-state index contributed by atoms with van der Waals surface area (Å²) < 4.78 is 9.82. The van der Waals surface area contributed by atoms with Crippen LogP contribution in [0.1, 0.15) is 23.2 Å². The van der Waals surface area contributed by atoms with E-state index in [1.807, 2.05) is 6.92 Å². The van der Waals surface area contributed by atoms with E-state index in [1.165, 1.54) is 6.07 Å². The van der Waals surface area contributed by atoms with Gasteiger partial charge in [-0.3, -0.25) is 10.1 Å². The molecular weight excluding hydrogens is 226 g/mol. The number of carbonyl (C=O) groups is 1. The van der Waals surface area contributed by atoms with Crippen molar-refractivity contribution in [1.82, 2.24) is 20.3 Å². The second-order valence-corrected chi connectivity index (χ2v) is 3.18. The molecule has 8 nitrogen and oxygen atoms in total. The average molecular weight is 237 g/mol. The van der Waals surface area contributed by atoms with E-state index in [1.54, 1.807) is 6.92 Å². The number of nitrogens with one attached hydrogen (secondary N) is 2. The van der Waals surface area contributed by atoms with E-state index in [-0.39, 0.29) is 17.7 Å². The number of hydrogen-bond donors (Lipinski definition) is 2. The summed E-state index contributed by atoms with van der Waals surface area (Å²) in [6.45, 7) is 3.96. The predicted octanol–water partition coefficient (Wildman–Crippen LogP) is 0.752. The Morgan fingerprint density at radius 3 is 3.12 bits per heavy atom. The van der Waals surface area contributed by atoms with Gasteiger partial charge in [-0.2, -0.15) is 4.98 Å². The highest BCUT2D eigenvalue weighted by Gasteiger charge is 2.13. The van der Waals surface area contributed by atoms with E-state index in [2.05, 4.69) is 25.7 Å². The van der Waals surface area contributed by atoms with Crippen LogP contribution in [-0.2, 0) is 0 Å². The number of carbonyl (C=O) groups excluding carboxylic acids is 1. The third kappa shape index (κ3) is 2.60. The van der Waals surface area contributed by atoms with Crippen LogP contribution in [0.5, 0.6) is 6.01 Å². The first kappa shape index (κ1) is 11.1. The standard InChI is InChI=1S/C9H11N5O3/c1-3-16-9-11-8(12-13-9)10-7(15)6-4-5(2)17-14-6/h4H,3H2,1-2H3,(H2,10,11,12,13,15). The van der Waals surface area contributed by atoms with Gasteiger partial charge < -0.3 is 9.26 Å². The zero-order chi connectivity index (χ0) is 12.3. The van der Waals surface area contributed by atoms with E-state index in [4.69, 9.17) is 9.26 Å². The van der Waals surface area contributed by atoms with Crippen LogP contribution in [0.4, 0.5) is 5.95 Å². The highest BCUT2D eigenvalue weighted by atomic mass is 16.5. The van der Waals surface area contributed by atoms with E-state index < -0.39 is 5.91 Å². The molecule has 0 aromatic carbocycles. The van der Waals surface area contributed by atoms with Gasteiger partial charge in [0.25, 0.3) is 5.91 Å². The second-order valence-electron chi connectivity index (χ2n) is 3.18. The predicted molar refractivity (Wildman–Crippen MR) is 56.7 cm³/mol. The van der Waals surface area contributed by atoms with Gasteiger partial charge in [0, 0.05) is 6.07 Å². The van der Waals surface area contributed by atoms with Crippen molar-refractivity contribution in [3.8, 4) is 6.01 Å². The van der Waals surface area contributed by atoms with Crippen LogP contribution < -0.4 is 10.1 Å². The Kier molecular flexibility index (Phi) is 3.03. The molecule has 2 aromatic heterocycles. The summed E-state index contributed by atoms with van der Waals surface area (Å²) in [6, 6.07) is 1.70. The molecule has 1 amide bonds. The fourth-order valence-corrected chi connectivity index (χ4v) is 1.14. The first-order chi connectivity index (χ1) is 8.19. The molecule has 0 bridgehead atoms. The Labute approximate surface area is 96.4 Å². The maximum Gasteiger partial charge on any atom is 0.337 e. The summed E-state index contributed by atoms with van der Waals surface area (Å²) in [5.74, 6) is 0.322. The van der Waals surface area contributed by atoms with Gasteiger partial charge in [-0.05, 0) is 13.8 Å². The zero-order valence-corrected chi connectivity index (χ0v) is 9.35. The van der Waals surface area contributed by atoms with Gasteiger partial charge in [0.15, 0.2) is 5.69 Å². The molecule has 0 unspecified atom stereocenters. The second kappa shape index (κ2) is 4.64. The number of nitrogens with zero attached hydrogens (tertiary/aromatic N) is 3. The molecule has 2 rings (SSSR count). The van der Waals surface area contributed by atoms with Gasteiger partial charge in [-0.25, -0.2) is 5.10 Å². The topological polar surface area (TPSA) is 106 Å². The van der Waals surface area contributed by atoms with E-state index in [0.29, 0.717) is 12.4 Å². The summed E-state index contributed by atoms with van der Waals surface area (Å²) in [5, 5.41) is 12.3. The third-order valence-corrected chi connectivity index (χ3v) is 1.83. The summed E-state index contributed by atoms with van der Waals surface area (Å²) in [4.78, 5) is 15.5. The lowest BCUT2D eigenvalue weighted by atomic mass is 10.3. The largest absolute Gasteiger partial charge is 0.463 e. The number of anilines is 1. The Morgan fingerprint density at radius 1 is 1.65 bits per heavy atom. The molecule has 2 N–H and O–H groups in total. The van der Waals surface area contributed by atoms with E-state index >= 15 is 0 Å². The third-order valence-electron chi connectivity index (χ3n) is 1.83. The van der Waals surface area contributed by atoms with Crippen molar-refractivity contribution in [2.24, 2.45) is 0 Å². The monoisotopic (exact) mass is 237 g/mol. The van der Waals surface area contributed by atoms with Gasteiger partial charge >= 0.3 is 6.01 Å². The van der Waals surface area contributed by atoms with Gasteiger partial charge in [-0.15, -0.1) is 5.10 Å². The maximum absolute atomic E-state index is 11.6. The first-order valence-corrected chi connectivity index (χ1v) is 4.99. The molecule has 0 atom stereocenters. The molecule has 0 aliphatic carbocycles. The van der Waals surface area contributed by atoms with Gasteiger partial charge in [0.1, 0.15) is 5.76 Å². The van der Waals surface area contributed by atoms with Crippen molar-refractivity contribution < 1.29 is 14.1 Å². The van der Waals surface area contributed by atoms with Crippen molar-refractivity contribution >= 4 is 11.9 Å². The number of ether oxygens (including phenoxy) is 1. The van der Waals surface area contributed by atoms with Gasteiger partial charge in [0.05, 0.1) is 6.61 Å².